The molecule has 1 fully saturated rings. The lowest BCUT2D eigenvalue weighted by Crippen LogP contribution is -2.23. The fourth-order valence-electron chi connectivity index (χ4n) is 2.36. The zero-order valence-electron chi connectivity index (χ0n) is 10.3. The number of aromatic nitrogens is 1. The monoisotopic (exact) mass is 312 g/mol. The van der Waals surface area contributed by atoms with Gasteiger partial charge in [0.1, 0.15) is 0 Å². The first-order valence-electron chi connectivity index (χ1n) is 6.35. The van der Waals surface area contributed by atoms with Crippen molar-refractivity contribution in [2.24, 2.45) is 0 Å². The van der Waals surface area contributed by atoms with Gasteiger partial charge in [-0.25, -0.2) is 4.98 Å². The van der Waals surface area contributed by atoms with E-state index in [9.17, 15) is 0 Å². The first-order chi connectivity index (χ1) is 9.22. The van der Waals surface area contributed by atoms with Gasteiger partial charge in [0.15, 0.2) is 0 Å². The van der Waals surface area contributed by atoms with Crippen molar-refractivity contribution in [2.75, 3.05) is 6.54 Å². The van der Waals surface area contributed by atoms with Crippen LogP contribution in [0.3, 0.4) is 0 Å². The number of rotatable bonds is 3. The summed E-state index contributed by atoms with van der Waals surface area (Å²) in [6, 6.07) is 6.06. The number of nitrogens with zero attached hydrogens (tertiary/aromatic N) is 1. The van der Waals surface area contributed by atoms with Crippen molar-refractivity contribution in [3.8, 4) is 11.3 Å². The number of thiazole rings is 1. The minimum absolute atomic E-state index is 0.578. The Hall–Kier alpha value is -0.610. The van der Waals surface area contributed by atoms with Crippen LogP contribution in [0.25, 0.3) is 11.3 Å². The van der Waals surface area contributed by atoms with E-state index in [2.05, 4.69) is 15.7 Å². The summed E-state index contributed by atoms with van der Waals surface area (Å²) in [4.78, 5) is 4.68. The fourth-order valence-corrected chi connectivity index (χ4v) is 3.63. The van der Waals surface area contributed by atoms with Gasteiger partial charge in [-0.05, 0) is 37.6 Å². The summed E-state index contributed by atoms with van der Waals surface area (Å²) in [5, 5.41) is 8.09. The Kier molecular flexibility index (Phi) is 4.08. The van der Waals surface area contributed by atoms with Gasteiger partial charge in [0.05, 0.1) is 15.7 Å². The number of benzene rings is 1. The number of nitrogens with one attached hydrogen (secondary N) is 1. The number of hydrogen-bond acceptors (Lipinski definition) is 3. The molecule has 1 aliphatic rings. The van der Waals surface area contributed by atoms with Gasteiger partial charge in [-0.2, -0.15) is 0 Å². The van der Waals surface area contributed by atoms with E-state index in [1.54, 1.807) is 17.4 Å². The molecule has 0 radical (unpaired) electrons. The van der Waals surface area contributed by atoms with Crippen LogP contribution in [-0.2, 0) is 6.42 Å². The molecule has 0 bridgehead atoms. The van der Waals surface area contributed by atoms with Crippen LogP contribution in [-0.4, -0.2) is 17.6 Å². The summed E-state index contributed by atoms with van der Waals surface area (Å²) in [6.45, 7) is 1.13. The van der Waals surface area contributed by atoms with Crippen LogP contribution in [0.2, 0.25) is 10.0 Å². The molecule has 5 heteroatoms. The second-order valence-electron chi connectivity index (χ2n) is 4.75. The fraction of sp³-hybridized carbons (Fsp3) is 0.357. The molecule has 0 aliphatic carbocycles. The molecule has 1 aromatic carbocycles. The first-order valence-corrected chi connectivity index (χ1v) is 7.99. The highest BCUT2D eigenvalue weighted by Crippen LogP contribution is 2.31. The molecule has 0 saturated carbocycles. The molecule has 1 aliphatic heterocycles. The maximum absolute atomic E-state index is 6.20. The highest BCUT2D eigenvalue weighted by molar-refractivity contribution is 7.10. The van der Waals surface area contributed by atoms with Crippen LogP contribution in [0.4, 0.5) is 0 Å². The van der Waals surface area contributed by atoms with Gasteiger partial charge in [-0.15, -0.1) is 11.3 Å². The molecule has 1 saturated heterocycles. The average Bonchev–Trinajstić information content (AvgIpc) is 3.04. The lowest BCUT2D eigenvalue weighted by atomic mass is 10.1. The van der Waals surface area contributed by atoms with Crippen LogP contribution in [0.5, 0.6) is 0 Å². The van der Waals surface area contributed by atoms with Crippen molar-refractivity contribution < 1.29 is 0 Å². The van der Waals surface area contributed by atoms with E-state index in [0.717, 1.165) is 29.2 Å². The zero-order valence-corrected chi connectivity index (χ0v) is 12.7. The normalized spacial score (nSPS) is 18.9. The molecule has 0 amide bonds. The predicted octanol–water partition coefficient (Wildman–Crippen LogP) is 4.41. The molecule has 19 heavy (non-hydrogen) atoms. The van der Waals surface area contributed by atoms with E-state index in [1.807, 2.05) is 12.1 Å². The zero-order chi connectivity index (χ0) is 13.2. The van der Waals surface area contributed by atoms with Crippen LogP contribution in [0.1, 0.15) is 17.8 Å². The largest absolute Gasteiger partial charge is 0.314 e. The smallest absolute Gasteiger partial charge is 0.0948 e. The van der Waals surface area contributed by atoms with Gasteiger partial charge in [0, 0.05) is 28.4 Å². The molecule has 1 aromatic heterocycles. The summed E-state index contributed by atoms with van der Waals surface area (Å²) in [6.07, 6.45) is 3.51. The molecule has 2 nitrogen and oxygen atoms in total. The third-order valence-electron chi connectivity index (χ3n) is 3.34. The molecule has 1 unspecified atom stereocenters. The molecular weight excluding hydrogens is 299 g/mol. The van der Waals surface area contributed by atoms with Crippen molar-refractivity contribution in [2.45, 2.75) is 25.3 Å². The maximum atomic E-state index is 6.20. The molecule has 0 spiro atoms. The molecular formula is C14H14Cl2N2S. The topological polar surface area (TPSA) is 24.9 Å². The average molecular weight is 313 g/mol. The predicted molar refractivity (Wildman–Crippen MR) is 82.3 cm³/mol. The number of hydrogen-bond donors (Lipinski definition) is 1. The Morgan fingerprint density at radius 2 is 2.26 bits per heavy atom. The Morgan fingerprint density at radius 3 is 3.05 bits per heavy atom. The lowest BCUT2D eigenvalue weighted by Gasteiger charge is -2.06. The van der Waals surface area contributed by atoms with Crippen LogP contribution in [0, 0.1) is 0 Å². The third-order valence-corrected chi connectivity index (χ3v) is 4.78. The van der Waals surface area contributed by atoms with Crippen molar-refractivity contribution in [1.82, 2.24) is 10.3 Å². The van der Waals surface area contributed by atoms with E-state index in [1.165, 1.54) is 12.8 Å². The van der Waals surface area contributed by atoms with E-state index < -0.39 is 0 Å². The van der Waals surface area contributed by atoms with Crippen molar-refractivity contribution >= 4 is 34.5 Å². The quantitative estimate of drug-likeness (QED) is 0.908. The van der Waals surface area contributed by atoms with Gasteiger partial charge in [-0.3, -0.25) is 0 Å². The first kappa shape index (κ1) is 13.4. The summed E-state index contributed by atoms with van der Waals surface area (Å²) in [5.41, 5.74) is 1.83. The van der Waals surface area contributed by atoms with Crippen LogP contribution < -0.4 is 5.32 Å². The Morgan fingerprint density at radius 1 is 1.37 bits per heavy atom. The molecule has 2 heterocycles. The molecule has 3 rings (SSSR count). The summed E-state index contributed by atoms with van der Waals surface area (Å²) >= 11 is 13.9. The standard InChI is InChI=1S/C14H14Cl2N2S/c15-9-3-4-12(16)11(6-9)13-8-19-14(18-13)7-10-2-1-5-17-10/h3-4,6,8,10,17H,1-2,5,7H2. The van der Waals surface area contributed by atoms with E-state index in [-0.39, 0.29) is 0 Å². The Bertz CT molecular complexity index is 577. The van der Waals surface area contributed by atoms with Crippen LogP contribution in [0.15, 0.2) is 23.6 Å². The van der Waals surface area contributed by atoms with Crippen molar-refractivity contribution in [3.63, 3.8) is 0 Å². The van der Waals surface area contributed by atoms with Gasteiger partial charge < -0.3 is 5.32 Å². The number of halogens is 2. The summed E-state index contributed by atoms with van der Waals surface area (Å²) in [7, 11) is 0. The second-order valence-corrected chi connectivity index (χ2v) is 6.53. The highest BCUT2D eigenvalue weighted by Gasteiger charge is 2.17. The second kappa shape index (κ2) is 5.80. The molecule has 1 atom stereocenters. The highest BCUT2D eigenvalue weighted by atomic mass is 35.5. The minimum atomic E-state index is 0.578. The maximum Gasteiger partial charge on any atom is 0.0948 e. The van der Waals surface area contributed by atoms with Gasteiger partial charge in [-0.1, -0.05) is 23.2 Å². The van der Waals surface area contributed by atoms with E-state index in [0.29, 0.717) is 16.1 Å². The van der Waals surface area contributed by atoms with Crippen LogP contribution >= 0.6 is 34.5 Å². The molecule has 2 aromatic rings. The minimum Gasteiger partial charge on any atom is -0.314 e. The molecule has 1 N–H and O–H groups in total. The SMILES string of the molecule is Clc1ccc(Cl)c(-c2csc(CC3CCCN3)n2)c1. The van der Waals surface area contributed by atoms with Gasteiger partial charge >= 0.3 is 0 Å². The third kappa shape index (κ3) is 3.11. The summed E-state index contributed by atoms with van der Waals surface area (Å²) in [5.74, 6) is 0. The van der Waals surface area contributed by atoms with E-state index in [4.69, 9.17) is 23.2 Å². The van der Waals surface area contributed by atoms with E-state index >= 15 is 0 Å². The van der Waals surface area contributed by atoms with Gasteiger partial charge in [0.25, 0.3) is 0 Å². The van der Waals surface area contributed by atoms with Crippen molar-refractivity contribution in [1.29, 1.82) is 0 Å². The van der Waals surface area contributed by atoms with Gasteiger partial charge in [0.2, 0.25) is 0 Å². The molecule has 100 valence electrons. The lowest BCUT2D eigenvalue weighted by molar-refractivity contribution is 0.601. The Balaban J connectivity index is 1.82. The van der Waals surface area contributed by atoms with Crippen molar-refractivity contribution in [3.05, 3.63) is 38.6 Å². The Labute approximate surface area is 126 Å². The summed E-state index contributed by atoms with van der Waals surface area (Å²) < 4.78 is 0.